The van der Waals surface area contributed by atoms with Crippen LogP contribution in [0.1, 0.15) is 24.8 Å². The quantitative estimate of drug-likeness (QED) is 0.902. The topological polar surface area (TPSA) is 55.6 Å². The number of carbonyl (C=O) groups excluding carboxylic acids is 1. The first-order chi connectivity index (χ1) is 9.70. The summed E-state index contributed by atoms with van der Waals surface area (Å²) >= 11 is 0. The van der Waals surface area contributed by atoms with Crippen LogP contribution in [0.2, 0.25) is 0 Å². The van der Waals surface area contributed by atoms with E-state index < -0.39 is 0 Å². The van der Waals surface area contributed by atoms with Crippen LogP contribution in [0.25, 0.3) is 0 Å². The first kappa shape index (κ1) is 13.6. The van der Waals surface area contributed by atoms with E-state index in [1.165, 1.54) is 5.56 Å². The van der Waals surface area contributed by atoms with Crippen molar-refractivity contribution >= 4 is 5.91 Å². The van der Waals surface area contributed by atoms with Crippen molar-refractivity contribution in [3.05, 3.63) is 35.9 Å². The number of rotatable bonds is 4. The van der Waals surface area contributed by atoms with Crippen LogP contribution < -0.4 is 5.73 Å². The van der Waals surface area contributed by atoms with Crippen LogP contribution in [0.3, 0.4) is 0 Å². The van der Waals surface area contributed by atoms with E-state index in [-0.39, 0.29) is 29.9 Å². The lowest BCUT2D eigenvalue weighted by Crippen LogP contribution is -2.33. The molecule has 20 heavy (non-hydrogen) atoms. The van der Waals surface area contributed by atoms with Crippen molar-refractivity contribution in [1.29, 1.82) is 0 Å². The maximum absolute atomic E-state index is 12.4. The van der Waals surface area contributed by atoms with Crippen LogP contribution in [-0.2, 0) is 9.53 Å². The highest BCUT2D eigenvalue weighted by Gasteiger charge is 2.48. The number of hydrogen-bond acceptors (Lipinski definition) is 3. The summed E-state index contributed by atoms with van der Waals surface area (Å²) in [5, 5.41) is 0. The van der Waals surface area contributed by atoms with Gasteiger partial charge in [0.15, 0.2) is 0 Å². The van der Waals surface area contributed by atoms with Gasteiger partial charge in [0, 0.05) is 31.7 Å². The zero-order valence-corrected chi connectivity index (χ0v) is 11.9. The number of likely N-dealkylation sites (tertiary alicyclic amines) is 1. The molecule has 2 N–H and O–H groups in total. The maximum atomic E-state index is 12.4. The standard InChI is InChI=1S/C16H22N2O2/c1-2-20-15-8-12(15)16(19)18-9-13(14(17)10-18)11-6-4-3-5-7-11/h3-7,12-15H,2,8-10,17H2,1H3/t12?,13-,14+,15?/m0/s1. The molecule has 1 aromatic carbocycles. The Kier molecular flexibility index (Phi) is 3.76. The Hall–Kier alpha value is -1.39. The Morgan fingerprint density at radius 1 is 1.35 bits per heavy atom. The summed E-state index contributed by atoms with van der Waals surface area (Å²) in [6.45, 7) is 4.05. The highest BCUT2D eigenvalue weighted by molar-refractivity contribution is 5.82. The van der Waals surface area contributed by atoms with Crippen molar-refractivity contribution in [2.24, 2.45) is 11.7 Å². The van der Waals surface area contributed by atoms with Crippen LogP contribution in [0, 0.1) is 5.92 Å². The molecule has 1 amide bonds. The lowest BCUT2D eigenvalue weighted by atomic mass is 9.95. The summed E-state index contributed by atoms with van der Waals surface area (Å²) in [6.07, 6.45) is 1.01. The molecule has 108 valence electrons. The Bertz CT molecular complexity index is 477. The van der Waals surface area contributed by atoms with Crippen molar-refractivity contribution in [3.8, 4) is 0 Å². The smallest absolute Gasteiger partial charge is 0.228 e. The summed E-state index contributed by atoms with van der Waals surface area (Å²) < 4.78 is 5.51. The number of ether oxygens (including phenoxy) is 1. The number of amides is 1. The molecule has 0 aromatic heterocycles. The average molecular weight is 274 g/mol. The van der Waals surface area contributed by atoms with E-state index in [1.54, 1.807) is 0 Å². The molecule has 1 saturated carbocycles. The van der Waals surface area contributed by atoms with Gasteiger partial charge >= 0.3 is 0 Å². The molecule has 4 nitrogen and oxygen atoms in total. The third kappa shape index (κ3) is 2.58. The van der Waals surface area contributed by atoms with Gasteiger partial charge in [-0.1, -0.05) is 30.3 Å². The molecular formula is C16H22N2O2. The summed E-state index contributed by atoms with van der Waals surface area (Å²) in [5.41, 5.74) is 7.46. The monoisotopic (exact) mass is 274 g/mol. The van der Waals surface area contributed by atoms with Gasteiger partial charge in [-0.15, -0.1) is 0 Å². The minimum absolute atomic E-state index is 0.0330. The van der Waals surface area contributed by atoms with Gasteiger partial charge in [-0.2, -0.15) is 0 Å². The summed E-state index contributed by atoms with van der Waals surface area (Å²) in [7, 11) is 0. The van der Waals surface area contributed by atoms with Gasteiger partial charge in [-0.3, -0.25) is 4.79 Å². The number of carbonyl (C=O) groups is 1. The van der Waals surface area contributed by atoms with Crippen LogP contribution in [0.15, 0.2) is 30.3 Å². The third-order valence-electron chi connectivity index (χ3n) is 4.33. The van der Waals surface area contributed by atoms with Gasteiger partial charge < -0.3 is 15.4 Å². The SMILES string of the molecule is CCOC1CC1C(=O)N1C[C@@H](N)[C@H](c2ccccc2)C1. The third-order valence-corrected chi connectivity index (χ3v) is 4.33. The molecule has 1 saturated heterocycles. The van der Waals surface area contributed by atoms with E-state index in [9.17, 15) is 4.79 Å². The van der Waals surface area contributed by atoms with Gasteiger partial charge in [0.2, 0.25) is 5.91 Å². The minimum atomic E-state index is 0.0330. The fourth-order valence-corrected chi connectivity index (χ4v) is 3.13. The molecule has 3 rings (SSSR count). The molecule has 1 aliphatic heterocycles. The van der Waals surface area contributed by atoms with Crippen molar-refractivity contribution in [3.63, 3.8) is 0 Å². The number of nitrogens with two attached hydrogens (primary N) is 1. The number of hydrogen-bond donors (Lipinski definition) is 1. The molecule has 1 aliphatic carbocycles. The first-order valence-corrected chi connectivity index (χ1v) is 7.41. The van der Waals surface area contributed by atoms with Crippen LogP contribution in [-0.4, -0.2) is 42.6 Å². The van der Waals surface area contributed by atoms with E-state index in [0.29, 0.717) is 13.2 Å². The summed E-state index contributed by atoms with van der Waals surface area (Å²) in [5.74, 6) is 0.540. The first-order valence-electron chi connectivity index (χ1n) is 7.41. The van der Waals surface area contributed by atoms with E-state index >= 15 is 0 Å². The summed E-state index contributed by atoms with van der Waals surface area (Å²) in [6, 6.07) is 10.3. The Morgan fingerprint density at radius 3 is 2.80 bits per heavy atom. The highest BCUT2D eigenvalue weighted by atomic mass is 16.5. The molecule has 4 heteroatoms. The maximum Gasteiger partial charge on any atom is 0.228 e. The van der Waals surface area contributed by atoms with Crippen molar-refractivity contribution in [1.82, 2.24) is 4.90 Å². The predicted molar refractivity (Wildman–Crippen MR) is 77.3 cm³/mol. The van der Waals surface area contributed by atoms with Gasteiger partial charge in [-0.05, 0) is 18.9 Å². The Balaban J connectivity index is 1.63. The van der Waals surface area contributed by atoms with Gasteiger partial charge in [0.1, 0.15) is 0 Å². The molecule has 1 heterocycles. The van der Waals surface area contributed by atoms with Crippen LogP contribution in [0.4, 0.5) is 0 Å². The molecule has 2 aliphatic rings. The predicted octanol–water partition coefficient (Wildman–Crippen LogP) is 1.36. The zero-order valence-electron chi connectivity index (χ0n) is 11.9. The number of benzene rings is 1. The van der Waals surface area contributed by atoms with E-state index in [0.717, 1.165) is 13.0 Å². The lowest BCUT2D eigenvalue weighted by molar-refractivity contribution is -0.132. The molecule has 2 fully saturated rings. The lowest BCUT2D eigenvalue weighted by Gasteiger charge is -2.16. The fourth-order valence-electron chi connectivity index (χ4n) is 3.13. The molecule has 0 spiro atoms. The normalized spacial score (nSPS) is 32.4. The van der Waals surface area contributed by atoms with Gasteiger partial charge in [0.05, 0.1) is 12.0 Å². The van der Waals surface area contributed by atoms with Gasteiger partial charge in [-0.25, -0.2) is 0 Å². The minimum Gasteiger partial charge on any atom is -0.378 e. The number of nitrogens with zero attached hydrogens (tertiary/aromatic N) is 1. The molecule has 2 unspecified atom stereocenters. The second kappa shape index (κ2) is 5.54. The molecule has 4 atom stereocenters. The average Bonchev–Trinajstić information content (AvgIpc) is 3.12. The molecule has 0 radical (unpaired) electrons. The van der Waals surface area contributed by atoms with Crippen molar-refractivity contribution in [2.45, 2.75) is 31.4 Å². The molecule has 1 aromatic rings. The van der Waals surface area contributed by atoms with Crippen molar-refractivity contribution < 1.29 is 9.53 Å². The Morgan fingerprint density at radius 2 is 2.10 bits per heavy atom. The second-order valence-corrected chi connectivity index (χ2v) is 5.76. The van der Waals surface area contributed by atoms with Gasteiger partial charge in [0.25, 0.3) is 0 Å². The largest absolute Gasteiger partial charge is 0.378 e. The fraction of sp³-hybridized carbons (Fsp3) is 0.562. The molecular weight excluding hydrogens is 252 g/mol. The van der Waals surface area contributed by atoms with E-state index in [1.807, 2.05) is 30.0 Å². The van der Waals surface area contributed by atoms with Crippen molar-refractivity contribution in [2.75, 3.05) is 19.7 Å². The highest BCUT2D eigenvalue weighted by Crippen LogP contribution is 2.37. The van der Waals surface area contributed by atoms with E-state index in [4.69, 9.17) is 10.5 Å². The second-order valence-electron chi connectivity index (χ2n) is 5.76. The van der Waals surface area contributed by atoms with Crippen LogP contribution >= 0.6 is 0 Å². The van der Waals surface area contributed by atoms with Crippen LogP contribution in [0.5, 0.6) is 0 Å². The Labute approximate surface area is 119 Å². The van der Waals surface area contributed by atoms with E-state index in [2.05, 4.69) is 12.1 Å². The summed E-state index contributed by atoms with van der Waals surface area (Å²) in [4.78, 5) is 14.3. The zero-order chi connectivity index (χ0) is 14.1. The molecule has 0 bridgehead atoms.